The second-order valence-electron chi connectivity index (χ2n) is 2.64. The maximum Gasteiger partial charge on any atom is 0.303 e. The van der Waals surface area contributed by atoms with Gasteiger partial charge in [-0.1, -0.05) is 0 Å². The van der Waals surface area contributed by atoms with Gasteiger partial charge in [-0.05, 0) is 33.6 Å². The van der Waals surface area contributed by atoms with E-state index in [0.717, 1.165) is 19.5 Å². The first-order valence-electron chi connectivity index (χ1n) is 3.72. The van der Waals surface area contributed by atoms with Crippen molar-refractivity contribution in [2.45, 2.75) is 6.42 Å². The molecule has 0 amide bonds. The maximum absolute atomic E-state index is 9.98. The summed E-state index contributed by atoms with van der Waals surface area (Å²) < 4.78 is 22.5. The Bertz CT molecular complexity index is 132. The summed E-state index contributed by atoms with van der Waals surface area (Å²) in [5, 5.41) is 2.87. The molecule has 12 heavy (non-hydrogen) atoms. The Morgan fingerprint density at radius 3 is 2.75 bits per heavy atom. The van der Waals surface area contributed by atoms with Crippen LogP contribution in [-0.2, 0) is 15.5 Å². The Morgan fingerprint density at radius 1 is 1.58 bits per heavy atom. The van der Waals surface area contributed by atoms with Gasteiger partial charge in [0.15, 0.2) is 0 Å². The van der Waals surface area contributed by atoms with Gasteiger partial charge in [0.2, 0.25) is 0 Å². The van der Waals surface area contributed by atoms with Crippen LogP contribution in [-0.4, -0.2) is 47.6 Å². The summed E-state index contributed by atoms with van der Waals surface area (Å²) in [6, 6.07) is 0. The van der Waals surface area contributed by atoms with E-state index in [4.69, 9.17) is 4.55 Å². The van der Waals surface area contributed by atoms with Gasteiger partial charge in [-0.25, -0.2) is 0 Å². The van der Waals surface area contributed by atoms with E-state index in [9.17, 15) is 4.21 Å². The molecule has 1 unspecified atom stereocenters. The van der Waals surface area contributed by atoms with E-state index in [2.05, 4.69) is 14.4 Å². The molecule has 0 aliphatic rings. The van der Waals surface area contributed by atoms with Crippen LogP contribution in [0.4, 0.5) is 0 Å². The summed E-state index contributed by atoms with van der Waals surface area (Å²) in [5.41, 5.74) is 0. The van der Waals surface area contributed by atoms with Crippen LogP contribution in [0.25, 0.3) is 0 Å². The summed E-state index contributed by atoms with van der Waals surface area (Å²) >= 11 is -2.15. The lowest BCUT2D eigenvalue weighted by molar-refractivity contribution is 0.274. The van der Waals surface area contributed by atoms with Crippen molar-refractivity contribution in [2.24, 2.45) is 0 Å². The van der Waals surface area contributed by atoms with Crippen LogP contribution in [0.1, 0.15) is 6.42 Å². The first-order chi connectivity index (χ1) is 5.63. The van der Waals surface area contributed by atoms with Gasteiger partial charge in [0, 0.05) is 0 Å². The second kappa shape index (κ2) is 7.63. The Labute approximate surface area is 75.6 Å². The van der Waals surface area contributed by atoms with E-state index in [1.54, 1.807) is 0 Å². The lowest BCUT2D eigenvalue weighted by atomic mass is 10.4. The molecular formula is C6H16N2O3S. The first-order valence-corrected chi connectivity index (χ1v) is 4.75. The van der Waals surface area contributed by atoms with E-state index in [-0.39, 0.29) is 6.73 Å². The van der Waals surface area contributed by atoms with Crippen molar-refractivity contribution < 1.29 is 12.9 Å². The lowest BCUT2D eigenvalue weighted by Crippen LogP contribution is -2.23. The number of hydrogen-bond acceptors (Lipinski definition) is 4. The quantitative estimate of drug-likeness (QED) is 0.331. The fraction of sp³-hybridized carbons (Fsp3) is 1.00. The normalized spacial score (nSPS) is 13.7. The molecule has 2 N–H and O–H groups in total. The van der Waals surface area contributed by atoms with Gasteiger partial charge in [0.25, 0.3) is 0 Å². The third-order valence-electron chi connectivity index (χ3n) is 1.22. The molecule has 5 nitrogen and oxygen atoms in total. The highest BCUT2D eigenvalue weighted by molar-refractivity contribution is 7.74. The van der Waals surface area contributed by atoms with Crippen molar-refractivity contribution in [1.82, 2.24) is 10.2 Å². The number of rotatable bonds is 7. The van der Waals surface area contributed by atoms with Crippen molar-refractivity contribution in [3.63, 3.8) is 0 Å². The largest absolute Gasteiger partial charge is 0.309 e. The minimum absolute atomic E-state index is 0.122. The Hall–Kier alpha value is -0.0100. The van der Waals surface area contributed by atoms with Crippen LogP contribution in [0, 0.1) is 0 Å². The highest BCUT2D eigenvalue weighted by Gasteiger charge is 1.92. The summed E-state index contributed by atoms with van der Waals surface area (Å²) in [6.07, 6.45) is 0.994. The monoisotopic (exact) mass is 196 g/mol. The summed E-state index contributed by atoms with van der Waals surface area (Å²) in [7, 11) is 4.00. The molecule has 0 radical (unpaired) electrons. The predicted octanol–water partition coefficient (Wildman–Crippen LogP) is -0.361. The SMILES string of the molecule is CN(C)CCCNCOS(=O)O. The van der Waals surface area contributed by atoms with E-state index < -0.39 is 11.4 Å². The van der Waals surface area contributed by atoms with Gasteiger partial charge in [0.1, 0.15) is 6.73 Å². The number of hydrogen-bond donors (Lipinski definition) is 2. The van der Waals surface area contributed by atoms with Crippen LogP contribution in [0.2, 0.25) is 0 Å². The molecule has 0 aromatic rings. The molecule has 0 aromatic carbocycles. The van der Waals surface area contributed by atoms with Gasteiger partial charge >= 0.3 is 11.4 Å². The van der Waals surface area contributed by atoms with Crippen LogP contribution in [0.15, 0.2) is 0 Å². The van der Waals surface area contributed by atoms with Crippen LogP contribution >= 0.6 is 0 Å². The van der Waals surface area contributed by atoms with Gasteiger partial charge in [-0.15, -0.1) is 0 Å². The molecule has 0 spiro atoms. The molecule has 0 aliphatic carbocycles. The van der Waals surface area contributed by atoms with Crippen molar-refractivity contribution in [1.29, 1.82) is 0 Å². The summed E-state index contributed by atoms with van der Waals surface area (Å²) in [6.45, 7) is 1.90. The average molecular weight is 196 g/mol. The molecule has 0 rings (SSSR count). The molecule has 0 aromatic heterocycles. The second-order valence-corrected chi connectivity index (χ2v) is 3.31. The van der Waals surface area contributed by atoms with Crippen LogP contribution < -0.4 is 5.32 Å². The maximum atomic E-state index is 9.98. The van der Waals surface area contributed by atoms with Crippen molar-refractivity contribution in [3.8, 4) is 0 Å². The molecule has 0 bridgehead atoms. The van der Waals surface area contributed by atoms with E-state index in [0.29, 0.717) is 0 Å². The number of nitrogens with one attached hydrogen (secondary N) is 1. The van der Waals surface area contributed by atoms with Gasteiger partial charge in [-0.2, -0.15) is 4.21 Å². The summed E-state index contributed by atoms with van der Waals surface area (Å²) in [5.74, 6) is 0. The first kappa shape index (κ1) is 12.0. The highest BCUT2D eigenvalue weighted by Crippen LogP contribution is 1.81. The molecule has 74 valence electrons. The van der Waals surface area contributed by atoms with E-state index in [1.807, 2.05) is 14.1 Å². The minimum Gasteiger partial charge on any atom is -0.309 e. The average Bonchev–Trinajstić information content (AvgIpc) is 1.95. The zero-order chi connectivity index (χ0) is 9.40. The van der Waals surface area contributed by atoms with Gasteiger partial charge < -0.3 is 4.90 Å². The molecule has 0 saturated carbocycles. The third-order valence-corrected chi connectivity index (χ3v) is 1.54. The Balaban J connectivity index is 2.96. The standard InChI is InChI=1S/C6H16N2O3S/c1-8(2)5-3-4-7-6-11-12(9)10/h7H,3-6H2,1-2H3,(H,9,10). The smallest absolute Gasteiger partial charge is 0.303 e. The van der Waals surface area contributed by atoms with Crippen LogP contribution in [0.5, 0.6) is 0 Å². The van der Waals surface area contributed by atoms with Gasteiger partial charge in [-0.3, -0.25) is 14.1 Å². The van der Waals surface area contributed by atoms with Gasteiger partial charge in [0.05, 0.1) is 0 Å². The van der Waals surface area contributed by atoms with Crippen molar-refractivity contribution >= 4 is 11.4 Å². The van der Waals surface area contributed by atoms with Crippen LogP contribution in [0.3, 0.4) is 0 Å². The van der Waals surface area contributed by atoms with E-state index in [1.165, 1.54) is 0 Å². The predicted molar refractivity (Wildman–Crippen MR) is 47.9 cm³/mol. The molecule has 0 aliphatic heterocycles. The highest BCUT2D eigenvalue weighted by atomic mass is 32.2. The molecule has 0 heterocycles. The zero-order valence-corrected chi connectivity index (χ0v) is 8.26. The van der Waals surface area contributed by atoms with Crippen molar-refractivity contribution in [2.75, 3.05) is 33.9 Å². The van der Waals surface area contributed by atoms with E-state index >= 15 is 0 Å². The Morgan fingerprint density at radius 2 is 2.25 bits per heavy atom. The lowest BCUT2D eigenvalue weighted by Gasteiger charge is -2.08. The zero-order valence-electron chi connectivity index (χ0n) is 7.45. The molecule has 1 atom stereocenters. The molecule has 0 saturated heterocycles. The topological polar surface area (TPSA) is 61.8 Å². The summed E-state index contributed by atoms with van der Waals surface area (Å²) in [4.78, 5) is 2.08. The fourth-order valence-corrected chi connectivity index (χ4v) is 0.869. The molecular weight excluding hydrogens is 180 g/mol. The number of nitrogens with zero attached hydrogens (tertiary/aromatic N) is 1. The fourth-order valence-electron chi connectivity index (χ4n) is 0.685. The minimum atomic E-state index is -2.15. The third kappa shape index (κ3) is 9.99. The van der Waals surface area contributed by atoms with Crippen molar-refractivity contribution in [3.05, 3.63) is 0 Å². The molecule has 6 heteroatoms. The Kier molecular flexibility index (Phi) is 7.62. The molecule has 0 fully saturated rings.